The molecule has 2 rings (SSSR count). The molecular formula is C16H27NO2. The fourth-order valence-corrected chi connectivity index (χ4v) is 2.45. The Labute approximate surface area is 116 Å². The third kappa shape index (κ3) is 4.66. The summed E-state index contributed by atoms with van der Waals surface area (Å²) in [5, 5.41) is 3.49. The van der Waals surface area contributed by atoms with Crippen molar-refractivity contribution in [2.45, 2.75) is 78.2 Å². The van der Waals surface area contributed by atoms with Crippen LogP contribution in [-0.2, 0) is 17.9 Å². The predicted octanol–water partition coefficient (Wildman–Crippen LogP) is 3.94. The van der Waals surface area contributed by atoms with Crippen LogP contribution in [0.4, 0.5) is 0 Å². The molecule has 0 aliphatic heterocycles. The molecule has 0 radical (unpaired) electrons. The standard InChI is InChI=1S/C16H27NO2/c1-12-13(10-17-16(2,3)4)9-15(19-12)11-18-14-7-5-6-8-14/h9,14,17H,5-8,10-11H2,1-4H3. The molecule has 0 bridgehead atoms. The quantitative estimate of drug-likeness (QED) is 0.875. The summed E-state index contributed by atoms with van der Waals surface area (Å²) in [4.78, 5) is 0. The van der Waals surface area contributed by atoms with Gasteiger partial charge < -0.3 is 14.5 Å². The van der Waals surface area contributed by atoms with Gasteiger partial charge in [-0.25, -0.2) is 0 Å². The molecule has 3 heteroatoms. The van der Waals surface area contributed by atoms with E-state index >= 15 is 0 Å². The maximum atomic E-state index is 5.89. The number of aryl methyl sites for hydroxylation is 1. The average Bonchev–Trinajstić information content (AvgIpc) is 2.92. The van der Waals surface area contributed by atoms with E-state index in [1.807, 2.05) is 6.92 Å². The minimum Gasteiger partial charge on any atom is -0.464 e. The fourth-order valence-electron chi connectivity index (χ4n) is 2.45. The topological polar surface area (TPSA) is 34.4 Å². The third-order valence-corrected chi connectivity index (χ3v) is 3.64. The number of ether oxygens (including phenoxy) is 1. The van der Waals surface area contributed by atoms with Gasteiger partial charge in [0.25, 0.3) is 0 Å². The monoisotopic (exact) mass is 265 g/mol. The maximum Gasteiger partial charge on any atom is 0.130 e. The summed E-state index contributed by atoms with van der Waals surface area (Å²) in [5.41, 5.74) is 1.37. The lowest BCUT2D eigenvalue weighted by Crippen LogP contribution is -2.35. The van der Waals surface area contributed by atoms with Crippen molar-refractivity contribution in [3.05, 3.63) is 23.2 Å². The van der Waals surface area contributed by atoms with Crippen molar-refractivity contribution < 1.29 is 9.15 Å². The van der Waals surface area contributed by atoms with Gasteiger partial charge in [-0.3, -0.25) is 0 Å². The van der Waals surface area contributed by atoms with Gasteiger partial charge in [0.1, 0.15) is 18.1 Å². The normalized spacial score (nSPS) is 17.3. The molecule has 0 atom stereocenters. The van der Waals surface area contributed by atoms with E-state index in [0.29, 0.717) is 12.7 Å². The van der Waals surface area contributed by atoms with Gasteiger partial charge in [-0.05, 0) is 46.6 Å². The first kappa shape index (κ1) is 14.6. The second-order valence-corrected chi connectivity index (χ2v) is 6.62. The molecule has 0 aromatic carbocycles. The lowest BCUT2D eigenvalue weighted by atomic mass is 10.1. The summed E-state index contributed by atoms with van der Waals surface area (Å²) in [6.07, 6.45) is 5.48. The Morgan fingerprint density at radius 2 is 2.00 bits per heavy atom. The first-order chi connectivity index (χ1) is 8.94. The number of furan rings is 1. The Morgan fingerprint density at radius 1 is 1.32 bits per heavy atom. The molecule has 1 aromatic heterocycles. The van der Waals surface area contributed by atoms with Crippen molar-refractivity contribution in [2.24, 2.45) is 0 Å². The summed E-state index contributed by atoms with van der Waals surface area (Å²) >= 11 is 0. The summed E-state index contributed by atoms with van der Waals surface area (Å²) in [6, 6.07) is 2.13. The van der Waals surface area contributed by atoms with E-state index < -0.39 is 0 Å². The number of nitrogens with one attached hydrogen (secondary N) is 1. The lowest BCUT2D eigenvalue weighted by molar-refractivity contribution is 0.0354. The maximum absolute atomic E-state index is 5.89. The highest BCUT2D eigenvalue weighted by Crippen LogP contribution is 2.23. The van der Waals surface area contributed by atoms with E-state index in [9.17, 15) is 0 Å². The summed E-state index contributed by atoms with van der Waals surface area (Å²) in [6.45, 7) is 10.0. The van der Waals surface area contributed by atoms with Gasteiger partial charge in [0.05, 0.1) is 6.10 Å². The number of rotatable bonds is 5. The average molecular weight is 265 g/mol. The summed E-state index contributed by atoms with van der Waals surface area (Å²) in [7, 11) is 0. The van der Waals surface area contributed by atoms with E-state index in [0.717, 1.165) is 18.1 Å². The number of hydrogen-bond donors (Lipinski definition) is 1. The minimum atomic E-state index is 0.129. The Kier molecular flexibility index (Phi) is 4.69. The van der Waals surface area contributed by atoms with Crippen LogP contribution in [0.5, 0.6) is 0 Å². The van der Waals surface area contributed by atoms with Gasteiger partial charge in [-0.15, -0.1) is 0 Å². The van der Waals surface area contributed by atoms with Gasteiger partial charge >= 0.3 is 0 Å². The second kappa shape index (κ2) is 6.10. The molecule has 0 spiro atoms. The summed E-state index contributed by atoms with van der Waals surface area (Å²) < 4.78 is 11.7. The minimum absolute atomic E-state index is 0.129. The van der Waals surface area contributed by atoms with Crippen LogP contribution in [0, 0.1) is 6.92 Å². The zero-order valence-corrected chi connectivity index (χ0v) is 12.7. The van der Waals surface area contributed by atoms with E-state index in [-0.39, 0.29) is 5.54 Å². The second-order valence-electron chi connectivity index (χ2n) is 6.62. The molecule has 1 aliphatic rings. The molecule has 1 heterocycles. The van der Waals surface area contributed by atoms with E-state index in [1.165, 1.54) is 31.2 Å². The van der Waals surface area contributed by atoms with Crippen molar-refractivity contribution in [3.8, 4) is 0 Å². The molecular weight excluding hydrogens is 238 g/mol. The molecule has 1 N–H and O–H groups in total. The molecule has 1 aliphatic carbocycles. The first-order valence-corrected chi connectivity index (χ1v) is 7.39. The number of hydrogen-bond acceptors (Lipinski definition) is 3. The third-order valence-electron chi connectivity index (χ3n) is 3.64. The van der Waals surface area contributed by atoms with Crippen molar-refractivity contribution >= 4 is 0 Å². The van der Waals surface area contributed by atoms with E-state index in [4.69, 9.17) is 9.15 Å². The van der Waals surface area contributed by atoms with Crippen molar-refractivity contribution in [2.75, 3.05) is 0 Å². The van der Waals surface area contributed by atoms with Gasteiger partial charge in [-0.2, -0.15) is 0 Å². The molecule has 3 nitrogen and oxygen atoms in total. The zero-order valence-electron chi connectivity index (χ0n) is 12.7. The van der Waals surface area contributed by atoms with Crippen molar-refractivity contribution in [3.63, 3.8) is 0 Å². The van der Waals surface area contributed by atoms with E-state index in [1.54, 1.807) is 0 Å². The van der Waals surface area contributed by atoms with Gasteiger partial charge in [-0.1, -0.05) is 12.8 Å². The van der Waals surface area contributed by atoms with Crippen LogP contribution in [0.3, 0.4) is 0 Å². The lowest BCUT2D eigenvalue weighted by Gasteiger charge is -2.20. The molecule has 0 amide bonds. The van der Waals surface area contributed by atoms with Crippen LogP contribution in [0.25, 0.3) is 0 Å². The van der Waals surface area contributed by atoms with E-state index in [2.05, 4.69) is 32.2 Å². The van der Waals surface area contributed by atoms with Crippen LogP contribution < -0.4 is 5.32 Å². The van der Waals surface area contributed by atoms with Crippen LogP contribution in [-0.4, -0.2) is 11.6 Å². The zero-order chi connectivity index (χ0) is 13.9. The van der Waals surface area contributed by atoms with Gasteiger partial charge in [0.2, 0.25) is 0 Å². The highest BCUT2D eigenvalue weighted by atomic mass is 16.5. The molecule has 1 aromatic rings. The Bertz CT molecular complexity index is 397. The van der Waals surface area contributed by atoms with Crippen LogP contribution in [0.2, 0.25) is 0 Å². The molecule has 0 unspecified atom stereocenters. The van der Waals surface area contributed by atoms with Crippen LogP contribution in [0.1, 0.15) is 63.5 Å². The smallest absolute Gasteiger partial charge is 0.130 e. The van der Waals surface area contributed by atoms with Gasteiger partial charge in [0, 0.05) is 17.6 Å². The highest BCUT2D eigenvalue weighted by molar-refractivity contribution is 5.20. The van der Waals surface area contributed by atoms with Crippen LogP contribution in [0.15, 0.2) is 10.5 Å². The van der Waals surface area contributed by atoms with Crippen LogP contribution >= 0.6 is 0 Å². The largest absolute Gasteiger partial charge is 0.464 e. The Hall–Kier alpha value is -0.800. The molecule has 108 valence electrons. The predicted molar refractivity (Wildman–Crippen MR) is 77.1 cm³/mol. The summed E-state index contributed by atoms with van der Waals surface area (Å²) in [5.74, 6) is 1.96. The Balaban J connectivity index is 1.85. The fraction of sp³-hybridized carbons (Fsp3) is 0.750. The van der Waals surface area contributed by atoms with Gasteiger partial charge in [0.15, 0.2) is 0 Å². The molecule has 0 saturated heterocycles. The first-order valence-electron chi connectivity index (χ1n) is 7.39. The SMILES string of the molecule is Cc1oc(COC2CCCC2)cc1CNC(C)(C)C. The molecule has 19 heavy (non-hydrogen) atoms. The molecule has 1 fully saturated rings. The van der Waals surface area contributed by atoms with Crippen molar-refractivity contribution in [1.29, 1.82) is 0 Å². The highest BCUT2D eigenvalue weighted by Gasteiger charge is 2.17. The molecule has 1 saturated carbocycles. The Morgan fingerprint density at radius 3 is 2.63 bits per heavy atom. The van der Waals surface area contributed by atoms with Crippen molar-refractivity contribution in [1.82, 2.24) is 5.32 Å².